The first-order chi connectivity index (χ1) is 10.7. The summed E-state index contributed by atoms with van der Waals surface area (Å²) in [5, 5.41) is 2.69. The first kappa shape index (κ1) is 19.4. The molecule has 0 aromatic carbocycles. The molecule has 0 radical (unpaired) electrons. The Balaban J connectivity index is 2.39. The first-order valence-corrected chi connectivity index (χ1v) is 8.13. The van der Waals surface area contributed by atoms with E-state index in [4.69, 9.17) is 9.47 Å². The molecule has 0 saturated heterocycles. The van der Waals surface area contributed by atoms with Gasteiger partial charge in [-0.15, -0.1) is 0 Å². The normalized spacial score (nSPS) is 12.8. The Labute approximate surface area is 139 Å². The van der Waals surface area contributed by atoms with Gasteiger partial charge in [0, 0.05) is 19.8 Å². The molecule has 1 unspecified atom stereocenters. The van der Waals surface area contributed by atoms with Gasteiger partial charge in [0.15, 0.2) is 0 Å². The Morgan fingerprint density at radius 1 is 1.43 bits per heavy atom. The van der Waals surface area contributed by atoms with Crippen molar-refractivity contribution in [2.45, 2.75) is 59.8 Å². The Morgan fingerprint density at radius 2 is 2.09 bits per heavy atom. The molecule has 0 aliphatic heterocycles. The number of nitrogens with one attached hydrogen (secondary N) is 2. The zero-order valence-electron chi connectivity index (χ0n) is 15.4. The zero-order valence-corrected chi connectivity index (χ0v) is 15.4. The number of hydrogen-bond acceptors (Lipinski definition) is 4. The largest absolute Gasteiger partial charge is 0.444 e. The van der Waals surface area contributed by atoms with Gasteiger partial charge in [0.2, 0.25) is 0 Å². The zero-order chi connectivity index (χ0) is 17.6. The van der Waals surface area contributed by atoms with Crippen LogP contribution in [0.25, 0.3) is 0 Å². The van der Waals surface area contributed by atoms with Crippen molar-refractivity contribution in [1.29, 1.82) is 0 Å². The highest BCUT2D eigenvalue weighted by atomic mass is 16.6. The van der Waals surface area contributed by atoms with E-state index in [0.717, 1.165) is 12.2 Å². The van der Waals surface area contributed by atoms with Gasteiger partial charge in [0.05, 0.1) is 6.61 Å². The molecule has 0 aliphatic rings. The van der Waals surface area contributed by atoms with Crippen LogP contribution >= 0.6 is 0 Å². The lowest BCUT2D eigenvalue weighted by molar-refractivity contribution is 0.0435. The van der Waals surface area contributed by atoms with Crippen LogP contribution in [-0.2, 0) is 15.9 Å². The van der Waals surface area contributed by atoms with E-state index in [1.54, 1.807) is 0 Å². The first-order valence-electron chi connectivity index (χ1n) is 8.13. The molecule has 2 N–H and O–H groups in total. The van der Waals surface area contributed by atoms with E-state index in [1.807, 2.05) is 40.9 Å². The molecule has 6 heteroatoms. The van der Waals surface area contributed by atoms with E-state index in [9.17, 15) is 4.79 Å². The average Bonchev–Trinajstić information content (AvgIpc) is 2.81. The van der Waals surface area contributed by atoms with E-state index in [2.05, 4.69) is 29.0 Å². The summed E-state index contributed by atoms with van der Waals surface area (Å²) < 4.78 is 11.0. The Kier molecular flexibility index (Phi) is 6.94. The van der Waals surface area contributed by atoms with E-state index >= 15 is 0 Å². The van der Waals surface area contributed by atoms with Crippen LogP contribution in [0.4, 0.5) is 10.6 Å². The monoisotopic (exact) mass is 325 g/mol. The molecular weight excluding hydrogens is 294 g/mol. The minimum absolute atomic E-state index is 0.0983. The minimum Gasteiger partial charge on any atom is -0.444 e. The number of nitrogens with zero attached hydrogens (tertiary/aromatic N) is 1. The Morgan fingerprint density at radius 3 is 2.65 bits per heavy atom. The van der Waals surface area contributed by atoms with Gasteiger partial charge in [-0.25, -0.2) is 4.79 Å². The van der Waals surface area contributed by atoms with Crippen LogP contribution in [0.5, 0.6) is 0 Å². The van der Waals surface area contributed by atoms with Gasteiger partial charge in [-0.2, -0.15) is 0 Å². The number of aromatic nitrogens is 1. The number of carbonyl (C=O) groups is 1. The van der Waals surface area contributed by atoms with Gasteiger partial charge < -0.3 is 24.7 Å². The molecule has 23 heavy (non-hydrogen) atoms. The van der Waals surface area contributed by atoms with Crippen molar-refractivity contribution in [2.24, 2.45) is 0 Å². The van der Waals surface area contributed by atoms with Crippen LogP contribution in [0.3, 0.4) is 0 Å². The van der Waals surface area contributed by atoms with Crippen molar-refractivity contribution in [1.82, 2.24) is 10.3 Å². The number of ether oxygens (including phenoxy) is 2. The van der Waals surface area contributed by atoms with Crippen LogP contribution in [-0.4, -0.2) is 43.1 Å². The molecule has 6 nitrogen and oxygen atoms in total. The summed E-state index contributed by atoms with van der Waals surface area (Å²) in [6.07, 6.45) is 2.47. The quantitative estimate of drug-likeness (QED) is 0.597. The number of rotatable bonds is 7. The third-order valence-corrected chi connectivity index (χ3v) is 3.57. The number of alkyl carbamates (subject to hydrolysis) is 1. The fraction of sp³-hybridized carbons (Fsp3) is 0.706. The molecule has 0 spiro atoms. The molecule has 1 amide bonds. The second-order valence-corrected chi connectivity index (χ2v) is 6.66. The van der Waals surface area contributed by atoms with E-state index in [1.165, 1.54) is 11.1 Å². The summed E-state index contributed by atoms with van der Waals surface area (Å²) in [4.78, 5) is 16.9. The molecule has 0 fully saturated rings. The maximum absolute atomic E-state index is 11.5. The summed E-state index contributed by atoms with van der Waals surface area (Å²) in [6, 6.07) is 0. The molecule has 1 atom stereocenters. The number of carbonyl (C=O) groups excluding carboxylic acids is 1. The summed E-state index contributed by atoms with van der Waals surface area (Å²) >= 11 is 0. The number of hydrogen-bond donors (Lipinski definition) is 2. The van der Waals surface area contributed by atoms with Crippen molar-refractivity contribution in [3.63, 3.8) is 0 Å². The van der Waals surface area contributed by atoms with Crippen molar-refractivity contribution in [3.8, 4) is 0 Å². The van der Waals surface area contributed by atoms with Gasteiger partial charge in [0.25, 0.3) is 0 Å². The number of aromatic amines is 1. The second kappa shape index (κ2) is 8.24. The lowest BCUT2D eigenvalue weighted by atomic mass is 10.1. The maximum Gasteiger partial charge on any atom is 0.407 e. The highest BCUT2D eigenvalue weighted by Crippen LogP contribution is 2.23. The van der Waals surface area contributed by atoms with Gasteiger partial charge in [0.1, 0.15) is 17.6 Å². The topological polar surface area (TPSA) is 66.6 Å². The molecule has 1 heterocycles. The fourth-order valence-electron chi connectivity index (χ4n) is 2.29. The van der Waals surface area contributed by atoms with Gasteiger partial charge in [-0.3, -0.25) is 0 Å². The molecule has 132 valence electrons. The standard InChI is InChI=1S/C17H31N3O3/c1-8-14-12(2)11-19-15(14)20(7)13(3)22-10-9-18-16(21)23-17(4,5)6/h11,13,19H,8-10H2,1-7H3,(H,18,21). The van der Waals surface area contributed by atoms with Crippen LogP contribution in [0, 0.1) is 6.92 Å². The van der Waals surface area contributed by atoms with E-state index in [-0.39, 0.29) is 6.23 Å². The molecule has 1 aromatic heterocycles. The van der Waals surface area contributed by atoms with Crippen molar-refractivity contribution in [3.05, 3.63) is 17.3 Å². The van der Waals surface area contributed by atoms with Gasteiger partial charge in [-0.05, 0) is 52.2 Å². The average molecular weight is 325 g/mol. The number of H-pyrrole nitrogens is 1. The van der Waals surface area contributed by atoms with Gasteiger partial charge in [-0.1, -0.05) is 6.92 Å². The second-order valence-electron chi connectivity index (χ2n) is 6.66. The van der Waals surface area contributed by atoms with Crippen LogP contribution in [0.15, 0.2) is 6.20 Å². The van der Waals surface area contributed by atoms with E-state index in [0.29, 0.717) is 13.2 Å². The molecule has 1 aromatic rings. The SMILES string of the molecule is CCc1c(C)c[nH]c1N(C)C(C)OCCNC(=O)OC(C)(C)C. The molecule has 0 saturated carbocycles. The molecular formula is C17H31N3O3. The van der Waals surface area contributed by atoms with Crippen molar-refractivity contribution < 1.29 is 14.3 Å². The predicted molar refractivity (Wildman–Crippen MR) is 93.0 cm³/mol. The van der Waals surface area contributed by atoms with Crippen molar-refractivity contribution >= 4 is 11.9 Å². The number of aryl methyl sites for hydroxylation is 1. The van der Waals surface area contributed by atoms with Crippen LogP contribution < -0.4 is 10.2 Å². The fourth-order valence-corrected chi connectivity index (χ4v) is 2.29. The smallest absolute Gasteiger partial charge is 0.407 e. The van der Waals surface area contributed by atoms with Crippen LogP contribution in [0.2, 0.25) is 0 Å². The maximum atomic E-state index is 11.5. The molecule has 0 aliphatic carbocycles. The lowest BCUT2D eigenvalue weighted by Gasteiger charge is -2.27. The number of amides is 1. The number of anilines is 1. The summed E-state index contributed by atoms with van der Waals surface area (Å²) in [6.45, 7) is 12.6. The minimum atomic E-state index is -0.486. The predicted octanol–water partition coefficient (Wildman–Crippen LogP) is 3.21. The van der Waals surface area contributed by atoms with Crippen molar-refractivity contribution in [2.75, 3.05) is 25.1 Å². The lowest BCUT2D eigenvalue weighted by Crippen LogP contribution is -2.37. The Hall–Kier alpha value is -1.69. The van der Waals surface area contributed by atoms with Crippen LogP contribution in [0.1, 0.15) is 45.7 Å². The highest BCUT2D eigenvalue weighted by Gasteiger charge is 2.17. The third-order valence-electron chi connectivity index (χ3n) is 3.57. The summed E-state index contributed by atoms with van der Waals surface area (Å²) in [5.74, 6) is 1.08. The summed E-state index contributed by atoms with van der Waals surface area (Å²) in [7, 11) is 2.00. The van der Waals surface area contributed by atoms with Gasteiger partial charge >= 0.3 is 6.09 Å². The molecule has 1 rings (SSSR count). The Bertz CT molecular complexity index is 506. The third kappa shape index (κ3) is 6.14. The summed E-state index contributed by atoms with van der Waals surface area (Å²) in [5.41, 5.74) is 2.07. The van der Waals surface area contributed by atoms with E-state index < -0.39 is 11.7 Å². The molecule has 0 bridgehead atoms. The highest BCUT2D eigenvalue weighted by molar-refractivity contribution is 5.67.